The molecular weight excluding hydrogens is 320 g/mol. The minimum absolute atomic E-state index is 0.0983. The van der Waals surface area contributed by atoms with Crippen molar-refractivity contribution in [3.8, 4) is 11.5 Å². The highest BCUT2D eigenvalue weighted by atomic mass is 16.5. The van der Waals surface area contributed by atoms with E-state index in [1.165, 1.54) is 0 Å². The summed E-state index contributed by atoms with van der Waals surface area (Å²) in [6, 6.07) is 14.3. The fourth-order valence-electron chi connectivity index (χ4n) is 2.66. The van der Waals surface area contributed by atoms with Gasteiger partial charge in [-0.05, 0) is 36.4 Å². The lowest BCUT2D eigenvalue weighted by Gasteiger charge is -2.23. The van der Waals surface area contributed by atoms with Gasteiger partial charge in [0, 0.05) is 6.54 Å². The number of ether oxygens (including phenoxy) is 2. The van der Waals surface area contributed by atoms with Gasteiger partial charge < -0.3 is 19.7 Å². The van der Waals surface area contributed by atoms with E-state index in [9.17, 15) is 9.59 Å². The van der Waals surface area contributed by atoms with Crippen molar-refractivity contribution in [2.75, 3.05) is 30.5 Å². The summed E-state index contributed by atoms with van der Waals surface area (Å²) in [6.45, 7) is 2.00. The van der Waals surface area contributed by atoms with Crippen LogP contribution in [0, 0.1) is 5.92 Å². The Morgan fingerprint density at radius 2 is 1.84 bits per heavy atom. The second-order valence-corrected chi connectivity index (χ2v) is 5.88. The van der Waals surface area contributed by atoms with E-state index in [0.29, 0.717) is 23.7 Å². The number of carbonyl (C=O) groups is 2. The molecule has 1 aliphatic rings. The Hall–Kier alpha value is -3.02. The summed E-state index contributed by atoms with van der Waals surface area (Å²) in [5.74, 6) is 0.695. The molecule has 130 valence electrons. The van der Waals surface area contributed by atoms with Gasteiger partial charge in [-0.3, -0.25) is 9.59 Å². The molecule has 2 amide bonds. The van der Waals surface area contributed by atoms with Crippen LogP contribution in [-0.2, 0) is 9.59 Å². The van der Waals surface area contributed by atoms with Crippen molar-refractivity contribution in [1.29, 1.82) is 0 Å². The molecule has 0 radical (unpaired) electrons. The second-order valence-electron chi connectivity index (χ2n) is 5.88. The molecule has 0 unspecified atom stereocenters. The molecule has 6 heteroatoms. The number of para-hydroxylation sites is 2. The zero-order chi connectivity index (χ0) is 17.8. The van der Waals surface area contributed by atoms with Crippen LogP contribution in [0.15, 0.2) is 48.5 Å². The van der Waals surface area contributed by atoms with E-state index in [1.807, 2.05) is 18.2 Å². The first-order chi connectivity index (χ1) is 12.1. The van der Waals surface area contributed by atoms with E-state index in [1.54, 1.807) is 49.3 Å². The van der Waals surface area contributed by atoms with Gasteiger partial charge in [-0.1, -0.05) is 19.1 Å². The number of rotatable bonds is 4. The van der Waals surface area contributed by atoms with E-state index in [2.05, 4.69) is 5.32 Å². The lowest BCUT2D eigenvalue weighted by atomic mass is 10.1. The van der Waals surface area contributed by atoms with Gasteiger partial charge in [0.05, 0.1) is 24.4 Å². The van der Waals surface area contributed by atoms with Gasteiger partial charge >= 0.3 is 0 Å². The van der Waals surface area contributed by atoms with Crippen LogP contribution in [0.3, 0.4) is 0 Å². The quantitative estimate of drug-likeness (QED) is 0.929. The van der Waals surface area contributed by atoms with Gasteiger partial charge in [-0.2, -0.15) is 0 Å². The summed E-state index contributed by atoms with van der Waals surface area (Å²) < 4.78 is 10.7. The van der Waals surface area contributed by atoms with Crippen molar-refractivity contribution in [1.82, 2.24) is 0 Å². The van der Waals surface area contributed by atoms with Gasteiger partial charge in [-0.25, -0.2) is 0 Å². The van der Waals surface area contributed by atoms with Gasteiger partial charge in [0.15, 0.2) is 6.61 Å². The van der Waals surface area contributed by atoms with Crippen LogP contribution in [0.4, 0.5) is 11.4 Å². The Balaban J connectivity index is 1.74. The summed E-state index contributed by atoms with van der Waals surface area (Å²) in [5.41, 5.74) is 1.32. The van der Waals surface area contributed by atoms with E-state index in [0.717, 1.165) is 5.75 Å². The summed E-state index contributed by atoms with van der Waals surface area (Å²) in [5, 5.41) is 2.86. The lowest BCUT2D eigenvalue weighted by molar-refractivity contribution is -0.121. The van der Waals surface area contributed by atoms with Gasteiger partial charge in [0.2, 0.25) is 5.91 Å². The number of methoxy groups -OCH3 is 1. The van der Waals surface area contributed by atoms with E-state index >= 15 is 0 Å². The van der Waals surface area contributed by atoms with Crippen molar-refractivity contribution in [2.24, 2.45) is 5.92 Å². The SMILES string of the molecule is COc1ccc(OCC(=O)N2C[C@H](C)C(=O)Nc3ccccc32)cc1. The average Bonchev–Trinajstić information content (AvgIpc) is 2.77. The molecule has 3 rings (SSSR count). The number of amides is 2. The van der Waals surface area contributed by atoms with Gasteiger partial charge in [0.25, 0.3) is 5.91 Å². The third-order valence-electron chi connectivity index (χ3n) is 4.08. The molecule has 0 fully saturated rings. The molecule has 2 aromatic rings. The number of anilines is 2. The number of hydrogen-bond donors (Lipinski definition) is 1. The average molecular weight is 340 g/mol. The van der Waals surface area contributed by atoms with Crippen LogP contribution in [0.25, 0.3) is 0 Å². The zero-order valence-corrected chi connectivity index (χ0v) is 14.2. The molecule has 1 aliphatic heterocycles. The van der Waals surface area contributed by atoms with Crippen LogP contribution in [0.5, 0.6) is 11.5 Å². The highest BCUT2D eigenvalue weighted by Gasteiger charge is 2.28. The van der Waals surface area contributed by atoms with E-state index in [-0.39, 0.29) is 24.3 Å². The molecule has 1 atom stereocenters. The molecule has 25 heavy (non-hydrogen) atoms. The Morgan fingerprint density at radius 1 is 1.16 bits per heavy atom. The number of nitrogens with zero attached hydrogens (tertiary/aromatic N) is 1. The largest absolute Gasteiger partial charge is 0.497 e. The normalized spacial score (nSPS) is 16.5. The minimum atomic E-state index is -0.308. The van der Waals surface area contributed by atoms with Crippen LogP contribution in [-0.4, -0.2) is 32.1 Å². The topological polar surface area (TPSA) is 67.9 Å². The summed E-state index contributed by atoms with van der Waals surface area (Å²) in [6.07, 6.45) is 0. The Morgan fingerprint density at radius 3 is 2.56 bits per heavy atom. The minimum Gasteiger partial charge on any atom is -0.497 e. The predicted molar refractivity (Wildman–Crippen MR) is 95.1 cm³/mol. The first kappa shape index (κ1) is 16.8. The maximum atomic E-state index is 12.7. The molecule has 1 N–H and O–H groups in total. The Bertz CT molecular complexity index is 773. The molecule has 6 nitrogen and oxygen atoms in total. The summed E-state index contributed by atoms with van der Waals surface area (Å²) >= 11 is 0. The number of fused-ring (bicyclic) bond motifs is 1. The maximum Gasteiger partial charge on any atom is 0.264 e. The van der Waals surface area contributed by atoms with Crippen molar-refractivity contribution >= 4 is 23.2 Å². The van der Waals surface area contributed by atoms with Gasteiger partial charge in [0.1, 0.15) is 11.5 Å². The third-order valence-corrected chi connectivity index (χ3v) is 4.08. The number of carbonyl (C=O) groups excluding carboxylic acids is 2. The highest BCUT2D eigenvalue weighted by molar-refractivity contribution is 6.04. The molecule has 0 spiro atoms. The zero-order valence-electron chi connectivity index (χ0n) is 14.2. The standard InChI is InChI=1S/C19H20N2O4/c1-13-11-21(17-6-4-3-5-16(17)20-19(13)23)18(22)12-25-15-9-7-14(24-2)8-10-15/h3-10,13H,11-12H2,1-2H3,(H,20,23)/t13-/m0/s1. The Kier molecular flexibility index (Phi) is 4.88. The summed E-state index contributed by atoms with van der Waals surface area (Å²) in [4.78, 5) is 26.4. The van der Waals surface area contributed by atoms with Crippen LogP contribution < -0.4 is 19.7 Å². The van der Waals surface area contributed by atoms with E-state index in [4.69, 9.17) is 9.47 Å². The molecule has 0 saturated heterocycles. The number of hydrogen-bond acceptors (Lipinski definition) is 4. The van der Waals surface area contributed by atoms with Crippen molar-refractivity contribution < 1.29 is 19.1 Å². The van der Waals surface area contributed by atoms with Gasteiger partial charge in [-0.15, -0.1) is 0 Å². The number of benzene rings is 2. The Labute approximate surface area is 146 Å². The fraction of sp³-hybridized carbons (Fsp3) is 0.263. The molecule has 1 heterocycles. The van der Waals surface area contributed by atoms with Crippen LogP contribution >= 0.6 is 0 Å². The van der Waals surface area contributed by atoms with Crippen LogP contribution in [0.1, 0.15) is 6.92 Å². The number of nitrogens with one attached hydrogen (secondary N) is 1. The van der Waals surface area contributed by atoms with Crippen molar-refractivity contribution in [3.05, 3.63) is 48.5 Å². The molecule has 0 bridgehead atoms. The van der Waals surface area contributed by atoms with Crippen molar-refractivity contribution in [3.63, 3.8) is 0 Å². The first-order valence-corrected chi connectivity index (χ1v) is 8.05. The molecule has 0 saturated carbocycles. The predicted octanol–water partition coefficient (Wildman–Crippen LogP) is 2.70. The van der Waals surface area contributed by atoms with E-state index < -0.39 is 0 Å². The fourth-order valence-corrected chi connectivity index (χ4v) is 2.66. The lowest BCUT2D eigenvalue weighted by Crippen LogP contribution is -2.38. The van der Waals surface area contributed by atoms with Crippen LogP contribution in [0.2, 0.25) is 0 Å². The molecule has 2 aromatic carbocycles. The van der Waals surface area contributed by atoms with Crippen molar-refractivity contribution in [2.45, 2.75) is 6.92 Å². The molecule has 0 aliphatic carbocycles. The third kappa shape index (κ3) is 3.74. The first-order valence-electron chi connectivity index (χ1n) is 8.05. The maximum absolute atomic E-state index is 12.7. The monoisotopic (exact) mass is 340 g/mol. The molecular formula is C19H20N2O4. The smallest absolute Gasteiger partial charge is 0.264 e. The molecule has 0 aromatic heterocycles. The second kappa shape index (κ2) is 7.25. The summed E-state index contributed by atoms with van der Waals surface area (Å²) in [7, 11) is 1.59. The highest BCUT2D eigenvalue weighted by Crippen LogP contribution is 2.30.